The average Bonchev–Trinajstić information content (AvgIpc) is 2.73. The predicted molar refractivity (Wildman–Crippen MR) is 82.5 cm³/mol. The summed E-state index contributed by atoms with van der Waals surface area (Å²) in [5.74, 6) is 0.0763. The largest absolute Gasteiger partial charge is 0.294 e. The SMILES string of the molecule is Cc1nn(C)c(C)c1CC(=O)c1cnc2ccccc2c1. The molecular formula is C17H17N3O. The lowest BCUT2D eigenvalue weighted by Crippen LogP contribution is -2.06. The summed E-state index contributed by atoms with van der Waals surface area (Å²) < 4.78 is 1.82. The van der Waals surface area contributed by atoms with E-state index in [4.69, 9.17) is 0 Å². The highest BCUT2D eigenvalue weighted by molar-refractivity contribution is 6.00. The van der Waals surface area contributed by atoms with Gasteiger partial charge in [0.2, 0.25) is 0 Å². The van der Waals surface area contributed by atoms with Crippen LogP contribution in [-0.2, 0) is 13.5 Å². The van der Waals surface area contributed by atoms with Gasteiger partial charge in [-0.25, -0.2) is 0 Å². The van der Waals surface area contributed by atoms with Crippen LogP contribution in [0, 0.1) is 13.8 Å². The molecule has 0 saturated carbocycles. The van der Waals surface area contributed by atoms with Gasteiger partial charge in [0.25, 0.3) is 0 Å². The summed E-state index contributed by atoms with van der Waals surface area (Å²) >= 11 is 0. The second kappa shape index (κ2) is 5.13. The van der Waals surface area contributed by atoms with Gasteiger partial charge in [0.05, 0.1) is 11.2 Å². The number of hydrogen-bond acceptors (Lipinski definition) is 3. The Morgan fingerprint density at radius 2 is 2.00 bits per heavy atom. The van der Waals surface area contributed by atoms with Gasteiger partial charge in [-0.15, -0.1) is 0 Å². The Morgan fingerprint density at radius 1 is 1.24 bits per heavy atom. The zero-order valence-electron chi connectivity index (χ0n) is 12.4. The number of para-hydroxylation sites is 1. The molecule has 0 fully saturated rings. The topological polar surface area (TPSA) is 47.8 Å². The van der Waals surface area contributed by atoms with E-state index in [1.807, 2.05) is 55.9 Å². The zero-order valence-corrected chi connectivity index (χ0v) is 12.4. The van der Waals surface area contributed by atoms with Gasteiger partial charge in [0.1, 0.15) is 0 Å². The molecule has 0 saturated heterocycles. The number of carbonyl (C=O) groups excluding carboxylic acids is 1. The molecule has 0 N–H and O–H groups in total. The minimum Gasteiger partial charge on any atom is -0.294 e. The fraction of sp³-hybridized carbons (Fsp3) is 0.235. The van der Waals surface area contributed by atoms with Crippen molar-refractivity contribution in [3.8, 4) is 0 Å². The third kappa shape index (κ3) is 2.44. The monoisotopic (exact) mass is 279 g/mol. The fourth-order valence-corrected chi connectivity index (χ4v) is 2.56. The Labute approximate surface area is 123 Å². The van der Waals surface area contributed by atoms with Crippen molar-refractivity contribution in [3.05, 3.63) is 59.0 Å². The van der Waals surface area contributed by atoms with Crippen LogP contribution in [0.15, 0.2) is 36.5 Å². The van der Waals surface area contributed by atoms with Crippen LogP contribution in [-0.4, -0.2) is 20.5 Å². The minimum absolute atomic E-state index is 0.0763. The third-order valence-corrected chi connectivity index (χ3v) is 3.91. The first kappa shape index (κ1) is 13.5. The van der Waals surface area contributed by atoms with Crippen molar-refractivity contribution in [1.29, 1.82) is 0 Å². The van der Waals surface area contributed by atoms with E-state index >= 15 is 0 Å². The number of aromatic nitrogens is 3. The maximum absolute atomic E-state index is 12.5. The number of hydrogen-bond donors (Lipinski definition) is 0. The first-order valence-electron chi connectivity index (χ1n) is 6.93. The standard InChI is InChI=1S/C17H17N3O/c1-11-15(12(2)20(3)19-11)9-17(21)14-8-13-6-4-5-7-16(13)18-10-14/h4-8,10H,9H2,1-3H3. The lowest BCUT2D eigenvalue weighted by atomic mass is 10.0. The summed E-state index contributed by atoms with van der Waals surface area (Å²) in [6.07, 6.45) is 2.03. The molecule has 2 aromatic heterocycles. The molecule has 4 heteroatoms. The van der Waals surface area contributed by atoms with Gasteiger partial charge in [0.15, 0.2) is 5.78 Å². The first-order valence-corrected chi connectivity index (χ1v) is 6.93. The van der Waals surface area contributed by atoms with E-state index in [0.29, 0.717) is 12.0 Å². The lowest BCUT2D eigenvalue weighted by Gasteiger charge is -2.04. The minimum atomic E-state index is 0.0763. The van der Waals surface area contributed by atoms with Crippen molar-refractivity contribution >= 4 is 16.7 Å². The highest BCUT2D eigenvalue weighted by Crippen LogP contribution is 2.17. The van der Waals surface area contributed by atoms with Crippen molar-refractivity contribution in [3.63, 3.8) is 0 Å². The molecule has 0 aliphatic rings. The number of carbonyl (C=O) groups is 1. The molecule has 3 rings (SSSR count). The van der Waals surface area contributed by atoms with Gasteiger partial charge in [-0.3, -0.25) is 14.5 Å². The zero-order chi connectivity index (χ0) is 15.0. The van der Waals surface area contributed by atoms with Gasteiger partial charge in [-0.05, 0) is 26.0 Å². The maximum atomic E-state index is 12.5. The molecule has 0 atom stereocenters. The Bertz CT molecular complexity index is 833. The molecule has 0 spiro atoms. The lowest BCUT2D eigenvalue weighted by molar-refractivity contribution is 0.0992. The number of rotatable bonds is 3. The van der Waals surface area contributed by atoms with Crippen LogP contribution in [0.4, 0.5) is 0 Å². The Kier molecular flexibility index (Phi) is 3.29. The van der Waals surface area contributed by atoms with Crippen molar-refractivity contribution in [2.75, 3.05) is 0 Å². The van der Waals surface area contributed by atoms with Gasteiger partial charge < -0.3 is 0 Å². The summed E-state index contributed by atoms with van der Waals surface area (Å²) in [6, 6.07) is 9.72. The van der Waals surface area contributed by atoms with E-state index in [0.717, 1.165) is 27.9 Å². The van der Waals surface area contributed by atoms with Crippen molar-refractivity contribution in [2.45, 2.75) is 20.3 Å². The Morgan fingerprint density at radius 3 is 2.71 bits per heavy atom. The number of Topliss-reactive ketones (excluding diaryl/α,β-unsaturated/α-hetero) is 1. The van der Waals surface area contributed by atoms with Crippen LogP contribution in [0.5, 0.6) is 0 Å². The molecule has 3 aromatic rings. The van der Waals surface area contributed by atoms with E-state index in [1.165, 1.54) is 0 Å². The van der Waals surface area contributed by atoms with Crippen molar-refractivity contribution in [1.82, 2.24) is 14.8 Å². The summed E-state index contributed by atoms with van der Waals surface area (Å²) in [5, 5.41) is 5.34. The van der Waals surface area contributed by atoms with Crippen LogP contribution in [0.1, 0.15) is 27.3 Å². The van der Waals surface area contributed by atoms with E-state index < -0.39 is 0 Å². The summed E-state index contributed by atoms with van der Waals surface area (Å²) in [4.78, 5) is 16.8. The summed E-state index contributed by atoms with van der Waals surface area (Å²) in [6.45, 7) is 3.93. The van der Waals surface area contributed by atoms with Crippen molar-refractivity contribution in [2.24, 2.45) is 7.05 Å². The first-order chi connectivity index (χ1) is 10.1. The van der Waals surface area contributed by atoms with Gasteiger partial charge in [-0.1, -0.05) is 18.2 Å². The summed E-state index contributed by atoms with van der Waals surface area (Å²) in [5.41, 5.74) is 4.52. The smallest absolute Gasteiger partial charge is 0.168 e. The van der Waals surface area contributed by atoms with Crippen LogP contribution in [0.2, 0.25) is 0 Å². The Hall–Kier alpha value is -2.49. The van der Waals surface area contributed by atoms with E-state index in [9.17, 15) is 4.79 Å². The second-order valence-corrected chi connectivity index (χ2v) is 5.29. The van der Waals surface area contributed by atoms with E-state index in [-0.39, 0.29) is 5.78 Å². The molecule has 0 unspecified atom stereocenters. The van der Waals surface area contributed by atoms with E-state index in [2.05, 4.69) is 10.1 Å². The van der Waals surface area contributed by atoms with Crippen LogP contribution in [0.25, 0.3) is 10.9 Å². The molecule has 0 bridgehead atoms. The molecule has 0 amide bonds. The molecule has 0 radical (unpaired) electrons. The van der Waals surface area contributed by atoms with E-state index in [1.54, 1.807) is 6.20 Å². The van der Waals surface area contributed by atoms with Gasteiger partial charge in [0, 0.05) is 41.9 Å². The average molecular weight is 279 g/mol. The molecule has 0 aliphatic heterocycles. The van der Waals surface area contributed by atoms with Crippen LogP contribution in [0.3, 0.4) is 0 Å². The molecule has 106 valence electrons. The number of ketones is 1. The summed E-state index contributed by atoms with van der Waals surface area (Å²) in [7, 11) is 1.90. The van der Waals surface area contributed by atoms with Crippen molar-refractivity contribution < 1.29 is 4.79 Å². The number of benzene rings is 1. The second-order valence-electron chi connectivity index (χ2n) is 5.29. The number of fused-ring (bicyclic) bond motifs is 1. The number of nitrogens with zero attached hydrogens (tertiary/aromatic N) is 3. The maximum Gasteiger partial charge on any atom is 0.168 e. The van der Waals surface area contributed by atoms with Gasteiger partial charge >= 0.3 is 0 Å². The molecular weight excluding hydrogens is 262 g/mol. The molecule has 0 aliphatic carbocycles. The van der Waals surface area contributed by atoms with Gasteiger partial charge in [-0.2, -0.15) is 5.10 Å². The highest BCUT2D eigenvalue weighted by Gasteiger charge is 2.15. The number of aryl methyl sites for hydroxylation is 2. The Balaban J connectivity index is 1.93. The predicted octanol–water partition coefficient (Wildman–Crippen LogP) is 3.01. The van der Waals surface area contributed by atoms with Crippen LogP contribution >= 0.6 is 0 Å². The number of pyridine rings is 1. The molecule has 21 heavy (non-hydrogen) atoms. The molecule has 1 aromatic carbocycles. The fourth-order valence-electron chi connectivity index (χ4n) is 2.56. The molecule has 4 nitrogen and oxygen atoms in total. The molecule has 2 heterocycles. The quantitative estimate of drug-likeness (QED) is 0.692. The highest BCUT2D eigenvalue weighted by atomic mass is 16.1. The third-order valence-electron chi connectivity index (χ3n) is 3.91. The van der Waals surface area contributed by atoms with Crippen LogP contribution < -0.4 is 0 Å². The normalized spacial score (nSPS) is 11.0.